The first kappa shape index (κ1) is 42.6. The summed E-state index contributed by atoms with van der Waals surface area (Å²) < 4.78 is 3.70. The Hall–Kier alpha value is -3.00. The molecule has 8 rings (SSSR count). The summed E-state index contributed by atoms with van der Waals surface area (Å²) in [5, 5.41) is 21.8. The van der Waals surface area contributed by atoms with Gasteiger partial charge in [-0.3, -0.25) is 4.90 Å². The van der Waals surface area contributed by atoms with Crippen LogP contribution in [0.5, 0.6) is 0 Å². The van der Waals surface area contributed by atoms with Crippen molar-refractivity contribution in [2.45, 2.75) is 78.0 Å². The third kappa shape index (κ3) is 8.57. The Kier molecular flexibility index (Phi) is 13.6. The first-order valence-corrected chi connectivity index (χ1v) is 20.3. The van der Waals surface area contributed by atoms with Gasteiger partial charge in [-0.2, -0.15) is 10.2 Å². The molecular weight excluding hydrogens is 837 g/mol. The summed E-state index contributed by atoms with van der Waals surface area (Å²) in [6.07, 6.45) is 6.74. The smallest absolute Gasteiger partial charge is 0.179 e. The number of halogens is 6. The van der Waals surface area contributed by atoms with Crippen molar-refractivity contribution in [3.8, 4) is 0 Å². The normalized spacial score (nSPS) is 19.8. The average molecular weight is 882 g/mol. The zero-order valence-corrected chi connectivity index (χ0v) is 36.3. The van der Waals surface area contributed by atoms with E-state index < -0.39 is 0 Å². The van der Waals surface area contributed by atoms with Gasteiger partial charge in [0.25, 0.3) is 0 Å². The number of hydrogen-bond acceptors (Lipinski definition) is 9. The lowest BCUT2D eigenvalue weighted by atomic mass is 9.92. The van der Waals surface area contributed by atoms with Crippen LogP contribution in [0.2, 0.25) is 25.2 Å². The molecule has 0 saturated carbocycles. The van der Waals surface area contributed by atoms with E-state index in [0.717, 1.165) is 77.5 Å². The number of nitrogens with zero attached hydrogens (tertiary/aromatic N) is 10. The highest BCUT2D eigenvalue weighted by molar-refractivity contribution is 6.35. The molecule has 2 aromatic carbocycles. The Morgan fingerprint density at radius 2 is 1.32 bits per heavy atom. The minimum Gasteiger partial charge on any atom is -0.395 e. The molecule has 11 nitrogen and oxygen atoms in total. The number of fused-ring (bicyclic) bond motifs is 2. The Balaban J connectivity index is 0.000000208. The van der Waals surface area contributed by atoms with Crippen molar-refractivity contribution in [1.29, 1.82) is 0 Å². The second-order valence-corrected chi connectivity index (χ2v) is 16.6. The Morgan fingerprint density at radius 1 is 0.768 bits per heavy atom. The van der Waals surface area contributed by atoms with Crippen LogP contribution in [0.15, 0.2) is 48.8 Å². The van der Waals surface area contributed by atoms with Crippen LogP contribution in [0.3, 0.4) is 0 Å². The zero-order valence-electron chi connectivity index (χ0n) is 31.7. The van der Waals surface area contributed by atoms with Crippen LogP contribution in [-0.2, 0) is 0 Å². The maximum atomic E-state index is 9.78. The Labute approximate surface area is 357 Å². The van der Waals surface area contributed by atoms with Crippen LogP contribution in [0, 0.1) is 19.8 Å². The molecule has 2 aliphatic heterocycles. The van der Waals surface area contributed by atoms with Crippen molar-refractivity contribution in [3.05, 3.63) is 96.6 Å². The maximum absolute atomic E-state index is 9.78. The summed E-state index contributed by atoms with van der Waals surface area (Å²) in [7, 11) is 0. The predicted molar refractivity (Wildman–Crippen MR) is 230 cm³/mol. The first-order valence-electron chi connectivity index (χ1n) is 18.4. The molecule has 0 radical (unpaired) electrons. The van der Waals surface area contributed by atoms with Crippen molar-refractivity contribution in [2.24, 2.45) is 5.92 Å². The molecule has 0 spiro atoms. The fourth-order valence-electron chi connectivity index (χ4n) is 8.03. The zero-order chi connectivity index (χ0) is 39.1. The molecule has 2 fully saturated rings. The fourth-order valence-corrected chi connectivity index (χ4v) is 9.29. The standard InChI is InChI=1S/C25H32Cl2N6O.C14H11Cl3N4.ClH/c1-15-13-31(10-8-22(15)32-9-4-5-19(32)14-34)23-12-28-24-16(2)30-33(25(24)29-23)17(3)20-7-6-18(26)11-21(20)27;1-7-13-14(19-12(17)6-18-13)21(20-7)8(2)10-4-3-9(15)5-11(10)16;/h6-7,11-12,15,17,19,22,34H,4-5,8-10,13-14H2,1-3H3;3-6,8H,1-2H3;1H/t15-,17-,19+,22+;8-;/m11./s1. The number of aliphatic hydroxyl groups is 1. The van der Waals surface area contributed by atoms with Gasteiger partial charge < -0.3 is 10.0 Å². The minimum absolute atomic E-state index is 0. The van der Waals surface area contributed by atoms with E-state index in [4.69, 9.17) is 73.1 Å². The lowest BCUT2D eigenvalue weighted by Crippen LogP contribution is -2.52. The van der Waals surface area contributed by atoms with Crippen molar-refractivity contribution < 1.29 is 5.11 Å². The molecule has 0 aliphatic carbocycles. The molecule has 6 heterocycles. The summed E-state index contributed by atoms with van der Waals surface area (Å²) in [5.41, 5.74) is 6.45. The van der Waals surface area contributed by atoms with Crippen LogP contribution < -0.4 is 4.90 Å². The minimum atomic E-state index is -0.112. The molecule has 0 unspecified atom stereocenters. The number of likely N-dealkylation sites (tertiary alicyclic amines) is 1. The third-order valence-electron chi connectivity index (χ3n) is 10.9. The van der Waals surface area contributed by atoms with Gasteiger partial charge in [-0.1, -0.05) is 77.1 Å². The van der Waals surface area contributed by atoms with E-state index in [2.05, 4.69) is 38.7 Å². The Bertz CT molecular complexity index is 2340. The van der Waals surface area contributed by atoms with Crippen LogP contribution in [0.4, 0.5) is 5.82 Å². The second-order valence-electron chi connectivity index (χ2n) is 14.5. The lowest BCUT2D eigenvalue weighted by Gasteiger charge is -2.43. The molecule has 0 bridgehead atoms. The van der Waals surface area contributed by atoms with Gasteiger partial charge in [0.2, 0.25) is 0 Å². The number of anilines is 1. The highest BCUT2D eigenvalue weighted by Crippen LogP contribution is 2.34. The van der Waals surface area contributed by atoms with Gasteiger partial charge in [-0.15, -0.1) is 12.4 Å². The van der Waals surface area contributed by atoms with Gasteiger partial charge in [0.15, 0.2) is 11.3 Å². The maximum Gasteiger partial charge on any atom is 0.179 e. The topological polar surface area (TPSA) is 114 Å². The van der Waals surface area contributed by atoms with Crippen LogP contribution in [0.1, 0.15) is 74.6 Å². The highest BCUT2D eigenvalue weighted by atomic mass is 35.5. The van der Waals surface area contributed by atoms with Crippen LogP contribution in [0.25, 0.3) is 22.3 Å². The van der Waals surface area contributed by atoms with Crippen molar-refractivity contribution in [1.82, 2.24) is 44.4 Å². The molecule has 0 amide bonds. The van der Waals surface area contributed by atoms with E-state index in [1.54, 1.807) is 22.9 Å². The number of hydrogen-bond donors (Lipinski definition) is 1. The summed E-state index contributed by atoms with van der Waals surface area (Å²) >= 11 is 30.8. The number of aromatic nitrogens is 8. The quantitative estimate of drug-likeness (QED) is 0.167. The second kappa shape index (κ2) is 17.9. The van der Waals surface area contributed by atoms with Gasteiger partial charge in [0.05, 0.1) is 42.5 Å². The number of rotatable bonds is 7. The summed E-state index contributed by atoms with van der Waals surface area (Å²) in [4.78, 5) is 23.3. The molecule has 17 heteroatoms. The summed E-state index contributed by atoms with van der Waals surface area (Å²) in [6, 6.07) is 11.6. The number of piperidine rings is 1. The molecule has 2 saturated heterocycles. The van der Waals surface area contributed by atoms with Crippen molar-refractivity contribution in [3.63, 3.8) is 0 Å². The predicted octanol–water partition coefficient (Wildman–Crippen LogP) is 9.85. The van der Waals surface area contributed by atoms with E-state index in [9.17, 15) is 5.11 Å². The molecule has 56 heavy (non-hydrogen) atoms. The molecule has 5 atom stereocenters. The SMILES string of the molecule is Cc1nn([C@H](C)c2ccc(Cl)cc2Cl)c2nc(Cl)cnc12.Cc1nn([C@H](C)c2ccc(Cl)cc2Cl)c2nc(N3CC[C@H](N4CCC[C@H]4CO)[C@H](C)C3)cnc12.Cl. The molecule has 6 aromatic rings. The van der Waals surface area contributed by atoms with Gasteiger partial charge in [0, 0.05) is 45.3 Å². The number of benzene rings is 2. The van der Waals surface area contributed by atoms with Crippen molar-refractivity contribution >= 4 is 98.6 Å². The van der Waals surface area contributed by atoms with Crippen LogP contribution in [-0.4, -0.2) is 87.8 Å². The molecule has 1 N–H and O–H groups in total. The van der Waals surface area contributed by atoms with E-state index >= 15 is 0 Å². The highest BCUT2D eigenvalue weighted by Gasteiger charge is 2.37. The third-order valence-corrected chi connectivity index (χ3v) is 12.2. The monoisotopic (exact) mass is 878 g/mol. The molecule has 4 aromatic heterocycles. The average Bonchev–Trinajstić information content (AvgIpc) is 3.86. The van der Waals surface area contributed by atoms with E-state index in [0.29, 0.717) is 48.9 Å². The van der Waals surface area contributed by atoms with E-state index in [1.165, 1.54) is 12.6 Å². The number of aliphatic hydroxyl groups excluding tert-OH is 1. The van der Waals surface area contributed by atoms with Gasteiger partial charge in [-0.05, 0) is 94.8 Å². The van der Waals surface area contributed by atoms with E-state index in [-0.39, 0.29) is 31.1 Å². The lowest BCUT2D eigenvalue weighted by molar-refractivity contribution is 0.0800. The fraction of sp³-hybridized carbons (Fsp3) is 0.436. The van der Waals surface area contributed by atoms with Crippen molar-refractivity contribution in [2.75, 3.05) is 31.1 Å². The largest absolute Gasteiger partial charge is 0.395 e. The van der Waals surface area contributed by atoms with Gasteiger partial charge in [-0.25, -0.2) is 29.3 Å². The summed E-state index contributed by atoms with van der Waals surface area (Å²) in [5.74, 6) is 1.37. The molecular formula is C39H44Cl6N10O. The first-order chi connectivity index (χ1) is 26.3. The van der Waals surface area contributed by atoms with Gasteiger partial charge in [0.1, 0.15) is 22.0 Å². The molecule has 298 valence electrons. The Morgan fingerprint density at radius 3 is 1.86 bits per heavy atom. The molecule has 2 aliphatic rings. The number of aryl methyl sites for hydroxylation is 2. The summed E-state index contributed by atoms with van der Waals surface area (Å²) in [6.45, 7) is 13.4. The van der Waals surface area contributed by atoms with Crippen LogP contribution >= 0.6 is 70.4 Å². The van der Waals surface area contributed by atoms with Gasteiger partial charge >= 0.3 is 0 Å². The van der Waals surface area contributed by atoms with E-state index in [1.807, 2.05) is 49.8 Å².